The van der Waals surface area contributed by atoms with E-state index < -0.39 is 0 Å². The molecule has 0 bridgehead atoms. The van der Waals surface area contributed by atoms with E-state index in [0.717, 1.165) is 55.3 Å². The van der Waals surface area contributed by atoms with Gasteiger partial charge in [0.2, 0.25) is 0 Å². The molecule has 0 saturated heterocycles. The van der Waals surface area contributed by atoms with Gasteiger partial charge in [-0.3, -0.25) is 0 Å². The monoisotopic (exact) mass is 701 g/mol. The highest BCUT2D eigenvalue weighted by molar-refractivity contribution is 6.20. The Balaban J connectivity index is 1.01. The van der Waals surface area contributed by atoms with Crippen molar-refractivity contribution in [2.24, 2.45) is 0 Å². The van der Waals surface area contributed by atoms with Gasteiger partial charge in [0.05, 0.1) is 0 Å². The molecule has 9 aromatic carbocycles. The Hall–Kier alpha value is -7.43. The molecule has 0 atom stereocenters. The lowest BCUT2D eigenvalue weighted by atomic mass is 9.89. The molecule has 11 rings (SSSR count). The zero-order chi connectivity index (χ0) is 36.3. The molecule has 4 heteroatoms. The number of benzene rings is 9. The third kappa shape index (κ3) is 5.26. The Kier molecular flexibility index (Phi) is 7.14. The largest absolute Gasteiger partial charge is 0.455 e. The number of fused-ring (bicyclic) bond motifs is 7. The molecule has 0 aliphatic carbocycles. The second kappa shape index (κ2) is 12.6. The highest BCUT2D eigenvalue weighted by Gasteiger charge is 2.17. The van der Waals surface area contributed by atoms with Gasteiger partial charge in [0.1, 0.15) is 11.2 Å². The van der Waals surface area contributed by atoms with Crippen molar-refractivity contribution in [3.05, 3.63) is 188 Å². The third-order valence-electron chi connectivity index (χ3n) is 10.7. The summed E-state index contributed by atoms with van der Waals surface area (Å²) in [6.45, 7) is 0. The van der Waals surface area contributed by atoms with Gasteiger partial charge in [0, 0.05) is 33.0 Å². The Morgan fingerprint density at radius 1 is 0.309 bits per heavy atom. The fourth-order valence-electron chi connectivity index (χ4n) is 8.04. The molecular weight excluding hydrogens is 671 g/mol. The Morgan fingerprint density at radius 3 is 1.58 bits per heavy atom. The minimum absolute atomic E-state index is 0.619. The Labute approximate surface area is 317 Å². The first-order chi connectivity index (χ1) is 27.2. The molecule has 11 aromatic rings. The summed E-state index contributed by atoms with van der Waals surface area (Å²) in [5, 5.41) is 9.67. The predicted octanol–water partition coefficient (Wildman–Crippen LogP) is 13.6. The van der Waals surface area contributed by atoms with Gasteiger partial charge in [-0.1, -0.05) is 176 Å². The van der Waals surface area contributed by atoms with Gasteiger partial charge in [-0.25, -0.2) is 15.0 Å². The lowest BCUT2D eigenvalue weighted by molar-refractivity contribution is 0.670. The Morgan fingerprint density at radius 2 is 0.855 bits per heavy atom. The fraction of sp³-hybridized carbons (Fsp3) is 0. The van der Waals surface area contributed by atoms with Crippen LogP contribution in [0.3, 0.4) is 0 Å². The molecule has 0 amide bonds. The summed E-state index contributed by atoms with van der Waals surface area (Å²) in [6, 6.07) is 65.8. The van der Waals surface area contributed by atoms with E-state index in [1.165, 1.54) is 37.9 Å². The summed E-state index contributed by atoms with van der Waals surface area (Å²) in [5.41, 5.74) is 9.04. The van der Waals surface area contributed by atoms with E-state index in [-0.39, 0.29) is 0 Å². The average molecular weight is 702 g/mol. The fourth-order valence-corrected chi connectivity index (χ4v) is 8.04. The zero-order valence-electron chi connectivity index (χ0n) is 29.6. The van der Waals surface area contributed by atoms with Crippen molar-refractivity contribution in [1.29, 1.82) is 0 Å². The molecule has 256 valence electrons. The minimum Gasteiger partial charge on any atom is -0.455 e. The average Bonchev–Trinajstić information content (AvgIpc) is 3.65. The molecular formula is C51H31N3O. The SMILES string of the molecule is c1ccc(-c2nc(-c3ccc(-c4c5ccccc5cc5c4ccc4ccccc45)cc3)nc(-c3ccc(-c4cccc5c4oc4ccccc45)cc3)n2)cc1. The van der Waals surface area contributed by atoms with Crippen molar-refractivity contribution in [2.75, 3.05) is 0 Å². The van der Waals surface area contributed by atoms with Crippen LogP contribution in [0.15, 0.2) is 192 Å². The van der Waals surface area contributed by atoms with Crippen molar-refractivity contribution in [3.8, 4) is 56.4 Å². The number of para-hydroxylation sites is 2. The maximum absolute atomic E-state index is 6.35. The first kappa shape index (κ1) is 31.1. The molecule has 4 nitrogen and oxygen atoms in total. The van der Waals surface area contributed by atoms with Crippen LogP contribution < -0.4 is 0 Å². The van der Waals surface area contributed by atoms with Crippen LogP contribution >= 0.6 is 0 Å². The second-order valence-corrected chi connectivity index (χ2v) is 14.0. The molecule has 0 unspecified atom stereocenters. The number of rotatable bonds is 5. The van der Waals surface area contributed by atoms with Gasteiger partial charge in [-0.05, 0) is 61.1 Å². The number of hydrogen-bond donors (Lipinski definition) is 0. The van der Waals surface area contributed by atoms with Gasteiger partial charge >= 0.3 is 0 Å². The number of hydrogen-bond acceptors (Lipinski definition) is 4. The highest BCUT2D eigenvalue weighted by Crippen LogP contribution is 2.40. The van der Waals surface area contributed by atoms with E-state index in [2.05, 4.69) is 140 Å². The van der Waals surface area contributed by atoms with Crippen molar-refractivity contribution >= 4 is 54.3 Å². The number of nitrogens with zero attached hydrogens (tertiary/aromatic N) is 3. The lowest BCUT2D eigenvalue weighted by Crippen LogP contribution is -2.00. The van der Waals surface area contributed by atoms with Crippen molar-refractivity contribution < 1.29 is 4.42 Å². The molecule has 0 aliphatic rings. The van der Waals surface area contributed by atoms with Crippen LogP contribution in [0.25, 0.3) is 111 Å². The zero-order valence-corrected chi connectivity index (χ0v) is 29.6. The molecule has 2 aromatic heterocycles. The van der Waals surface area contributed by atoms with Crippen LogP contribution in [0.5, 0.6) is 0 Å². The summed E-state index contributed by atoms with van der Waals surface area (Å²) >= 11 is 0. The molecule has 0 saturated carbocycles. The molecule has 0 fully saturated rings. The predicted molar refractivity (Wildman–Crippen MR) is 227 cm³/mol. The van der Waals surface area contributed by atoms with Crippen molar-refractivity contribution in [2.45, 2.75) is 0 Å². The Bertz CT molecular complexity index is 3240. The molecule has 0 aliphatic heterocycles. The summed E-state index contributed by atoms with van der Waals surface area (Å²) < 4.78 is 6.35. The van der Waals surface area contributed by atoms with Crippen LogP contribution in [-0.2, 0) is 0 Å². The van der Waals surface area contributed by atoms with Crippen LogP contribution in [0.4, 0.5) is 0 Å². The normalized spacial score (nSPS) is 11.6. The van der Waals surface area contributed by atoms with Gasteiger partial charge in [-0.2, -0.15) is 0 Å². The van der Waals surface area contributed by atoms with Crippen LogP contribution in [0, 0.1) is 0 Å². The molecule has 0 radical (unpaired) electrons. The van der Waals surface area contributed by atoms with Gasteiger partial charge in [-0.15, -0.1) is 0 Å². The third-order valence-corrected chi connectivity index (χ3v) is 10.7. The number of aromatic nitrogens is 3. The van der Waals surface area contributed by atoms with E-state index in [9.17, 15) is 0 Å². The van der Waals surface area contributed by atoms with E-state index in [1.54, 1.807) is 0 Å². The van der Waals surface area contributed by atoms with Crippen molar-refractivity contribution in [1.82, 2.24) is 15.0 Å². The lowest BCUT2D eigenvalue weighted by Gasteiger charge is -2.14. The van der Waals surface area contributed by atoms with Crippen LogP contribution in [0.1, 0.15) is 0 Å². The smallest absolute Gasteiger partial charge is 0.164 e. The minimum atomic E-state index is 0.619. The molecule has 55 heavy (non-hydrogen) atoms. The first-order valence-electron chi connectivity index (χ1n) is 18.5. The van der Waals surface area contributed by atoms with Crippen molar-refractivity contribution in [3.63, 3.8) is 0 Å². The molecule has 0 N–H and O–H groups in total. The second-order valence-electron chi connectivity index (χ2n) is 14.0. The van der Waals surface area contributed by atoms with Gasteiger partial charge in [0.25, 0.3) is 0 Å². The number of furan rings is 1. The maximum Gasteiger partial charge on any atom is 0.164 e. The maximum atomic E-state index is 6.35. The first-order valence-corrected chi connectivity index (χ1v) is 18.5. The van der Waals surface area contributed by atoms with Gasteiger partial charge in [0.15, 0.2) is 17.5 Å². The van der Waals surface area contributed by atoms with E-state index in [1.807, 2.05) is 48.5 Å². The standard InChI is InChI=1S/C51H31N3O/c1-2-12-35(13-3-1)49-52-50(36-25-21-33(22-26-36)41-18-10-19-44-42-17-8-9-20-46(42)55-48(41)44)54-51(53-49)37-27-23-34(24-28-37)47-40-16-7-5-14-38(40)31-45-39-15-6-4-11-32(39)29-30-43(45)47/h1-31H. The van der Waals surface area contributed by atoms with Crippen LogP contribution in [0.2, 0.25) is 0 Å². The highest BCUT2D eigenvalue weighted by atomic mass is 16.3. The molecule has 2 heterocycles. The topological polar surface area (TPSA) is 51.8 Å². The summed E-state index contributed by atoms with van der Waals surface area (Å²) in [7, 11) is 0. The molecule has 0 spiro atoms. The van der Waals surface area contributed by atoms with E-state index >= 15 is 0 Å². The summed E-state index contributed by atoms with van der Waals surface area (Å²) in [4.78, 5) is 15.1. The summed E-state index contributed by atoms with van der Waals surface area (Å²) in [6.07, 6.45) is 0. The van der Waals surface area contributed by atoms with E-state index in [0.29, 0.717) is 17.5 Å². The quantitative estimate of drug-likeness (QED) is 0.132. The van der Waals surface area contributed by atoms with E-state index in [4.69, 9.17) is 19.4 Å². The van der Waals surface area contributed by atoms with Crippen LogP contribution in [-0.4, -0.2) is 15.0 Å². The summed E-state index contributed by atoms with van der Waals surface area (Å²) in [5.74, 6) is 1.88. The van der Waals surface area contributed by atoms with Gasteiger partial charge < -0.3 is 4.42 Å².